The topological polar surface area (TPSA) is 61.4 Å². The highest BCUT2D eigenvalue weighted by Gasteiger charge is 2.27. The Morgan fingerprint density at radius 3 is 2.41 bits per heavy atom. The predicted octanol–water partition coefficient (Wildman–Crippen LogP) is 3.54. The Morgan fingerprint density at radius 1 is 0.897 bits per heavy atom. The number of carbonyl (C=O) groups is 2. The number of nitrogens with one attached hydrogen (secondary N) is 2. The Hall–Kier alpha value is -2.40. The van der Waals surface area contributed by atoms with Gasteiger partial charge in [0, 0.05) is 12.6 Å². The number of fused-ring (bicyclic) bond motifs is 1. The molecule has 2 amide bonds. The van der Waals surface area contributed by atoms with Gasteiger partial charge >= 0.3 is 11.8 Å². The van der Waals surface area contributed by atoms with Gasteiger partial charge in [-0.25, -0.2) is 0 Å². The van der Waals surface area contributed by atoms with Gasteiger partial charge < -0.3 is 10.6 Å². The third-order valence-corrected chi connectivity index (χ3v) is 6.37. The van der Waals surface area contributed by atoms with Gasteiger partial charge in [0.1, 0.15) is 0 Å². The molecule has 2 aliphatic rings. The summed E-state index contributed by atoms with van der Waals surface area (Å²) in [4.78, 5) is 27.3. The largest absolute Gasteiger partial charge is 0.346 e. The summed E-state index contributed by atoms with van der Waals surface area (Å²) in [6.07, 6.45) is 7.79. The van der Waals surface area contributed by atoms with E-state index in [-0.39, 0.29) is 12.1 Å². The second-order valence-corrected chi connectivity index (χ2v) is 8.35. The second-order valence-electron chi connectivity index (χ2n) is 8.35. The Balaban J connectivity index is 1.46. The lowest BCUT2D eigenvalue weighted by Gasteiger charge is -2.29. The lowest BCUT2D eigenvalue weighted by molar-refractivity contribution is -0.139. The van der Waals surface area contributed by atoms with Crippen LogP contribution >= 0.6 is 0 Å². The van der Waals surface area contributed by atoms with Crippen molar-refractivity contribution in [3.05, 3.63) is 48.0 Å². The molecule has 0 bridgehead atoms. The van der Waals surface area contributed by atoms with Crippen LogP contribution in [-0.4, -0.2) is 42.4 Å². The van der Waals surface area contributed by atoms with E-state index in [1.165, 1.54) is 35.6 Å². The summed E-state index contributed by atoms with van der Waals surface area (Å²) in [7, 11) is 0. The quantitative estimate of drug-likeness (QED) is 0.764. The molecule has 1 saturated heterocycles. The molecule has 0 aromatic heterocycles. The molecule has 4 rings (SSSR count). The van der Waals surface area contributed by atoms with Gasteiger partial charge in [-0.3, -0.25) is 14.5 Å². The fourth-order valence-corrected chi connectivity index (χ4v) is 4.80. The molecule has 5 heteroatoms. The molecule has 1 atom stereocenters. The van der Waals surface area contributed by atoms with Crippen molar-refractivity contribution in [1.82, 2.24) is 15.5 Å². The standard InChI is InChI=1S/C24H31N3O2/c28-23(24(29)26-19-11-2-1-3-12-19)25-17-22(27-15-6-7-16-27)21-14-8-10-18-9-4-5-13-20(18)21/h4-5,8-10,13-14,19,22H,1-3,6-7,11-12,15-17H2,(H,25,28)(H,26,29)/t22-/m0/s1. The average Bonchev–Trinajstić information content (AvgIpc) is 3.29. The van der Waals surface area contributed by atoms with E-state index >= 15 is 0 Å². The van der Waals surface area contributed by atoms with Gasteiger partial charge in [0.15, 0.2) is 0 Å². The highest BCUT2D eigenvalue weighted by Crippen LogP contribution is 2.30. The molecule has 0 spiro atoms. The monoisotopic (exact) mass is 393 g/mol. The van der Waals surface area contributed by atoms with Crippen LogP contribution < -0.4 is 10.6 Å². The molecule has 154 valence electrons. The van der Waals surface area contributed by atoms with E-state index in [0.29, 0.717) is 6.54 Å². The van der Waals surface area contributed by atoms with Gasteiger partial charge in [0.25, 0.3) is 0 Å². The molecule has 29 heavy (non-hydrogen) atoms. The molecular formula is C24H31N3O2. The number of rotatable bonds is 5. The number of hydrogen-bond donors (Lipinski definition) is 2. The Morgan fingerprint density at radius 2 is 1.62 bits per heavy atom. The minimum absolute atomic E-state index is 0.0787. The maximum atomic E-state index is 12.5. The zero-order chi connectivity index (χ0) is 20.1. The number of benzene rings is 2. The molecule has 0 radical (unpaired) electrons. The van der Waals surface area contributed by atoms with Crippen molar-refractivity contribution < 1.29 is 9.59 Å². The van der Waals surface area contributed by atoms with E-state index in [1.807, 2.05) is 6.07 Å². The Kier molecular flexibility index (Phi) is 6.45. The normalized spacial score (nSPS) is 19.2. The van der Waals surface area contributed by atoms with Crippen molar-refractivity contribution in [2.75, 3.05) is 19.6 Å². The predicted molar refractivity (Wildman–Crippen MR) is 116 cm³/mol. The summed E-state index contributed by atoms with van der Waals surface area (Å²) in [6, 6.07) is 15.0. The Bertz CT molecular complexity index is 849. The number of hydrogen-bond acceptors (Lipinski definition) is 3. The van der Waals surface area contributed by atoms with Crippen LogP contribution in [0.2, 0.25) is 0 Å². The van der Waals surface area contributed by atoms with Crippen molar-refractivity contribution in [2.45, 2.75) is 57.0 Å². The molecule has 2 fully saturated rings. The van der Waals surface area contributed by atoms with Gasteiger partial charge in [-0.05, 0) is 55.1 Å². The first kappa shape index (κ1) is 19.9. The van der Waals surface area contributed by atoms with Crippen LogP contribution in [0.5, 0.6) is 0 Å². The number of nitrogens with zero attached hydrogens (tertiary/aromatic N) is 1. The van der Waals surface area contributed by atoms with Crippen LogP contribution in [0.4, 0.5) is 0 Å². The highest BCUT2D eigenvalue weighted by atomic mass is 16.2. The average molecular weight is 394 g/mol. The zero-order valence-corrected chi connectivity index (χ0v) is 17.0. The maximum Gasteiger partial charge on any atom is 0.309 e. The molecule has 1 aliphatic carbocycles. The fourth-order valence-electron chi connectivity index (χ4n) is 4.80. The number of likely N-dealkylation sites (tertiary alicyclic amines) is 1. The molecule has 0 unspecified atom stereocenters. The molecule has 1 saturated carbocycles. The minimum atomic E-state index is -0.514. The molecular weight excluding hydrogens is 362 g/mol. The summed E-state index contributed by atoms with van der Waals surface area (Å²) in [5.41, 5.74) is 1.22. The van der Waals surface area contributed by atoms with Crippen molar-refractivity contribution in [3.8, 4) is 0 Å². The van der Waals surface area contributed by atoms with Crippen molar-refractivity contribution in [3.63, 3.8) is 0 Å². The van der Waals surface area contributed by atoms with Gasteiger partial charge in [-0.2, -0.15) is 0 Å². The van der Waals surface area contributed by atoms with Crippen LogP contribution in [0.1, 0.15) is 56.6 Å². The molecule has 5 nitrogen and oxygen atoms in total. The van der Waals surface area contributed by atoms with Crippen molar-refractivity contribution in [1.29, 1.82) is 0 Å². The Labute approximate surface area is 172 Å². The molecule has 2 aromatic carbocycles. The lowest BCUT2D eigenvalue weighted by Crippen LogP contribution is -2.47. The summed E-state index contributed by atoms with van der Waals surface area (Å²) in [5, 5.41) is 8.26. The summed E-state index contributed by atoms with van der Waals surface area (Å²) in [5.74, 6) is -1.00. The summed E-state index contributed by atoms with van der Waals surface area (Å²) >= 11 is 0. The SMILES string of the molecule is O=C(NC[C@@H](c1cccc2ccccc12)N1CCCC1)C(=O)NC1CCCCC1. The van der Waals surface area contributed by atoms with Crippen LogP contribution in [-0.2, 0) is 9.59 Å². The first-order chi connectivity index (χ1) is 14.2. The third kappa shape index (κ3) is 4.78. The van der Waals surface area contributed by atoms with Crippen LogP contribution in [0, 0.1) is 0 Å². The minimum Gasteiger partial charge on any atom is -0.346 e. The van der Waals surface area contributed by atoms with Crippen LogP contribution in [0.25, 0.3) is 10.8 Å². The molecule has 1 aliphatic heterocycles. The maximum absolute atomic E-state index is 12.5. The van der Waals surface area contributed by atoms with Crippen molar-refractivity contribution in [2.24, 2.45) is 0 Å². The molecule has 2 N–H and O–H groups in total. The lowest BCUT2D eigenvalue weighted by atomic mass is 9.95. The summed E-state index contributed by atoms with van der Waals surface area (Å²) in [6.45, 7) is 2.50. The fraction of sp³-hybridized carbons (Fsp3) is 0.500. The van der Waals surface area contributed by atoms with E-state index in [9.17, 15) is 9.59 Å². The first-order valence-corrected chi connectivity index (χ1v) is 11.0. The van der Waals surface area contributed by atoms with Gasteiger partial charge in [-0.15, -0.1) is 0 Å². The van der Waals surface area contributed by atoms with Gasteiger partial charge in [-0.1, -0.05) is 61.7 Å². The smallest absolute Gasteiger partial charge is 0.309 e. The van der Waals surface area contributed by atoms with E-state index in [2.05, 4.69) is 51.9 Å². The number of carbonyl (C=O) groups excluding carboxylic acids is 2. The molecule has 2 aromatic rings. The van der Waals surface area contributed by atoms with E-state index in [0.717, 1.165) is 38.8 Å². The van der Waals surface area contributed by atoms with Crippen LogP contribution in [0.3, 0.4) is 0 Å². The highest BCUT2D eigenvalue weighted by molar-refractivity contribution is 6.35. The third-order valence-electron chi connectivity index (χ3n) is 6.37. The zero-order valence-electron chi connectivity index (χ0n) is 17.0. The van der Waals surface area contributed by atoms with Gasteiger partial charge in [0.05, 0.1) is 6.04 Å². The second kappa shape index (κ2) is 9.40. The van der Waals surface area contributed by atoms with E-state index in [1.54, 1.807) is 0 Å². The van der Waals surface area contributed by atoms with Crippen LogP contribution in [0.15, 0.2) is 42.5 Å². The van der Waals surface area contributed by atoms with E-state index in [4.69, 9.17) is 0 Å². The summed E-state index contributed by atoms with van der Waals surface area (Å²) < 4.78 is 0. The van der Waals surface area contributed by atoms with Crippen molar-refractivity contribution >= 4 is 22.6 Å². The number of amides is 2. The molecule has 1 heterocycles. The first-order valence-electron chi connectivity index (χ1n) is 11.0. The van der Waals surface area contributed by atoms with E-state index < -0.39 is 11.8 Å². The van der Waals surface area contributed by atoms with Gasteiger partial charge in [0.2, 0.25) is 0 Å².